The number of aryl methyl sites for hydroxylation is 1. The molecule has 1 amide bonds. The van der Waals surface area contributed by atoms with Crippen molar-refractivity contribution < 1.29 is 30.7 Å². The first-order valence-corrected chi connectivity index (χ1v) is 13.8. The van der Waals surface area contributed by atoms with Crippen molar-refractivity contribution in [3.63, 3.8) is 0 Å². The number of benzene rings is 2. The molecular weight excluding hydrogens is 536 g/mol. The van der Waals surface area contributed by atoms with Crippen LogP contribution in [0.25, 0.3) is 11.3 Å². The fraction of sp³-hybridized carbons (Fsp3) is 0.125. The van der Waals surface area contributed by atoms with E-state index < -0.39 is 31.7 Å². The van der Waals surface area contributed by atoms with Crippen molar-refractivity contribution in [3.05, 3.63) is 87.9 Å². The molecule has 2 aromatic carbocycles. The molecule has 0 unspecified atom stereocenters. The average Bonchev–Trinajstić information content (AvgIpc) is 3.30. The third-order valence-corrected chi connectivity index (χ3v) is 7.54. The average molecular weight is 559 g/mol. The van der Waals surface area contributed by atoms with Gasteiger partial charge in [-0.05, 0) is 81.0 Å². The molecule has 1 aromatic heterocycles. The molecule has 2 heterocycles. The first kappa shape index (κ1) is 26.9. The van der Waals surface area contributed by atoms with E-state index in [0.29, 0.717) is 33.9 Å². The summed E-state index contributed by atoms with van der Waals surface area (Å²) in [6, 6.07) is 10.1. The molecule has 0 atom stereocenters. The van der Waals surface area contributed by atoms with E-state index in [0.717, 1.165) is 17.1 Å². The largest absolute Gasteiger partial charge is 0.295 e. The Morgan fingerprint density at radius 1 is 0.868 bits per heavy atom. The lowest BCUT2D eigenvalue weighted by Crippen LogP contribution is -2.21. The fourth-order valence-corrected chi connectivity index (χ4v) is 4.86. The Morgan fingerprint density at radius 3 is 1.87 bits per heavy atom. The number of anilines is 1. The number of carbonyl (C=O) groups is 1. The van der Waals surface area contributed by atoms with Crippen LogP contribution in [0.5, 0.6) is 0 Å². The van der Waals surface area contributed by atoms with E-state index in [-0.39, 0.29) is 15.4 Å². The van der Waals surface area contributed by atoms with Crippen LogP contribution in [0.2, 0.25) is 0 Å². The maximum Gasteiger partial charge on any atom is 0.294 e. The normalized spacial score (nSPS) is 15.9. The zero-order valence-corrected chi connectivity index (χ0v) is 21.9. The van der Waals surface area contributed by atoms with Gasteiger partial charge in [0.1, 0.15) is 0 Å². The SMILES string of the molecule is CC1=NN(c2ccc(S(=O)(=O)O)cc2)C(=O)/C1=C\C=C(\C)c1c(C)[nH]n(-c2ccc(S(=O)(=O)O)cc2)c1=O. The van der Waals surface area contributed by atoms with Crippen LogP contribution in [-0.2, 0) is 25.0 Å². The van der Waals surface area contributed by atoms with Gasteiger partial charge < -0.3 is 0 Å². The highest BCUT2D eigenvalue weighted by molar-refractivity contribution is 7.86. The van der Waals surface area contributed by atoms with E-state index >= 15 is 0 Å². The third kappa shape index (κ3) is 5.15. The molecule has 38 heavy (non-hydrogen) atoms. The summed E-state index contributed by atoms with van der Waals surface area (Å²) in [4.78, 5) is 25.5. The Labute approximate surface area is 217 Å². The fourth-order valence-electron chi connectivity index (χ4n) is 3.90. The van der Waals surface area contributed by atoms with Crippen molar-refractivity contribution in [2.24, 2.45) is 5.10 Å². The van der Waals surface area contributed by atoms with Crippen LogP contribution in [-0.4, -0.2) is 47.3 Å². The topological polar surface area (TPSA) is 179 Å². The van der Waals surface area contributed by atoms with Gasteiger partial charge in [0.15, 0.2) is 0 Å². The minimum Gasteiger partial charge on any atom is -0.295 e. The predicted octanol–water partition coefficient (Wildman–Crippen LogP) is 2.72. The zero-order valence-electron chi connectivity index (χ0n) is 20.3. The van der Waals surface area contributed by atoms with E-state index in [4.69, 9.17) is 9.11 Å². The Kier molecular flexibility index (Phi) is 6.84. The lowest BCUT2D eigenvalue weighted by molar-refractivity contribution is -0.114. The van der Waals surface area contributed by atoms with E-state index in [1.807, 2.05) is 0 Å². The molecule has 0 spiro atoms. The summed E-state index contributed by atoms with van der Waals surface area (Å²) in [5.41, 5.74) is 2.34. The Bertz CT molecular complexity index is 1810. The summed E-state index contributed by atoms with van der Waals surface area (Å²) in [7, 11) is -8.75. The van der Waals surface area contributed by atoms with Crippen molar-refractivity contribution in [2.45, 2.75) is 30.6 Å². The van der Waals surface area contributed by atoms with Gasteiger partial charge in [-0.2, -0.15) is 26.9 Å². The lowest BCUT2D eigenvalue weighted by atomic mass is 10.1. The van der Waals surface area contributed by atoms with Gasteiger partial charge in [0.05, 0.1) is 38.0 Å². The molecule has 1 aliphatic rings. The Hall–Kier alpha value is -4.11. The number of nitrogens with zero attached hydrogens (tertiary/aromatic N) is 3. The van der Waals surface area contributed by atoms with Crippen molar-refractivity contribution in [1.82, 2.24) is 9.78 Å². The summed E-state index contributed by atoms with van der Waals surface area (Å²) in [5, 5.41) is 8.25. The summed E-state index contributed by atoms with van der Waals surface area (Å²) in [6.07, 6.45) is 3.13. The molecule has 1 aliphatic heterocycles. The Morgan fingerprint density at radius 2 is 1.37 bits per heavy atom. The van der Waals surface area contributed by atoms with E-state index in [1.54, 1.807) is 26.8 Å². The molecule has 0 bridgehead atoms. The van der Waals surface area contributed by atoms with Crippen LogP contribution >= 0.6 is 0 Å². The minimum absolute atomic E-state index is 0.262. The van der Waals surface area contributed by atoms with E-state index in [2.05, 4.69) is 10.2 Å². The molecule has 198 valence electrons. The van der Waals surface area contributed by atoms with Crippen molar-refractivity contribution in [1.29, 1.82) is 0 Å². The van der Waals surface area contributed by atoms with Gasteiger partial charge in [-0.25, -0.2) is 4.68 Å². The predicted molar refractivity (Wildman–Crippen MR) is 140 cm³/mol. The highest BCUT2D eigenvalue weighted by Crippen LogP contribution is 2.26. The molecule has 0 saturated heterocycles. The maximum absolute atomic E-state index is 13.1. The van der Waals surface area contributed by atoms with Crippen LogP contribution < -0.4 is 10.6 Å². The minimum atomic E-state index is -4.38. The highest BCUT2D eigenvalue weighted by atomic mass is 32.2. The molecule has 12 nitrogen and oxygen atoms in total. The number of aromatic amines is 1. The van der Waals surface area contributed by atoms with Crippen molar-refractivity contribution in [3.8, 4) is 5.69 Å². The second kappa shape index (κ2) is 9.64. The second-order valence-corrected chi connectivity index (χ2v) is 11.3. The van der Waals surface area contributed by atoms with Crippen LogP contribution in [0.4, 0.5) is 5.69 Å². The first-order chi connectivity index (χ1) is 17.7. The summed E-state index contributed by atoms with van der Waals surface area (Å²) in [6.45, 7) is 5.01. The van der Waals surface area contributed by atoms with Gasteiger partial charge in [-0.15, -0.1) is 0 Å². The van der Waals surface area contributed by atoms with Crippen molar-refractivity contribution >= 4 is 43.1 Å². The van der Waals surface area contributed by atoms with E-state index in [9.17, 15) is 26.4 Å². The number of allylic oxidation sites excluding steroid dienone is 3. The molecule has 0 radical (unpaired) electrons. The third-order valence-electron chi connectivity index (χ3n) is 5.80. The first-order valence-electron chi connectivity index (χ1n) is 10.9. The van der Waals surface area contributed by atoms with Crippen LogP contribution in [0, 0.1) is 6.92 Å². The highest BCUT2D eigenvalue weighted by Gasteiger charge is 2.28. The van der Waals surface area contributed by atoms with E-state index in [1.165, 1.54) is 47.2 Å². The molecule has 0 saturated carbocycles. The summed E-state index contributed by atoms with van der Waals surface area (Å²) in [5.74, 6) is -0.465. The molecule has 4 rings (SSSR count). The van der Waals surface area contributed by atoms with Crippen LogP contribution in [0.15, 0.2) is 85.9 Å². The number of aromatic nitrogens is 2. The number of rotatable bonds is 6. The van der Waals surface area contributed by atoms with Gasteiger partial charge in [-0.3, -0.25) is 23.8 Å². The molecule has 14 heteroatoms. The Balaban J connectivity index is 1.62. The zero-order chi connectivity index (χ0) is 28.0. The quantitative estimate of drug-likeness (QED) is 0.305. The number of hydrogen-bond acceptors (Lipinski definition) is 7. The van der Waals surface area contributed by atoms with Gasteiger partial charge in [0, 0.05) is 5.69 Å². The molecule has 0 aliphatic carbocycles. The molecule has 3 N–H and O–H groups in total. The molecular formula is C24H22N4O8S2. The van der Waals surface area contributed by atoms with Crippen LogP contribution in [0.3, 0.4) is 0 Å². The number of nitrogens with one attached hydrogen (secondary N) is 1. The van der Waals surface area contributed by atoms with Gasteiger partial charge in [-0.1, -0.05) is 6.08 Å². The van der Waals surface area contributed by atoms with Gasteiger partial charge >= 0.3 is 0 Å². The summed E-state index contributed by atoms with van der Waals surface area (Å²) < 4.78 is 64.6. The molecule has 3 aromatic rings. The van der Waals surface area contributed by atoms with Crippen molar-refractivity contribution in [2.75, 3.05) is 5.01 Å². The van der Waals surface area contributed by atoms with Gasteiger partial charge in [0.2, 0.25) is 0 Å². The number of H-pyrrole nitrogens is 1. The number of hydrazone groups is 1. The smallest absolute Gasteiger partial charge is 0.294 e. The van der Waals surface area contributed by atoms with Crippen LogP contribution in [0.1, 0.15) is 25.1 Å². The monoisotopic (exact) mass is 558 g/mol. The molecule has 0 fully saturated rings. The standard InChI is InChI=1S/C24H22N4O8S2/c1-14(22-16(3)26-28(24(22)30)18-7-11-20(12-8-18)38(34,35)36)4-13-21-15(2)25-27(23(21)29)17-5-9-19(10-6-17)37(31,32)33/h4-13,26H,1-3H3,(H,31,32,33)(H,34,35,36)/b14-4-,21-13-. The maximum atomic E-state index is 13.1. The number of carbonyl (C=O) groups excluding carboxylic acids is 1. The second-order valence-electron chi connectivity index (χ2n) is 8.42. The number of amides is 1. The summed E-state index contributed by atoms with van der Waals surface area (Å²) >= 11 is 0. The van der Waals surface area contributed by atoms with Gasteiger partial charge in [0.25, 0.3) is 31.7 Å². The lowest BCUT2D eigenvalue weighted by Gasteiger charge is -2.11. The number of hydrogen-bond donors (Lipinski definition) is 3.